The van der Waals surface area contributed by atoms with Crippen molar-refractivity contribution in [2.45, 2.75) is 13.0 Å². The van der Waals surface area contributed by atoms with Crippen LogP contribution in [0.1, 0.15) is 18.6 Å². The van der Waals surface area contributed by atoms with Crippen molar-refractivity contribution in [3.05, 3.63) is 60.0 Å². The van der Waals surface area contributed by atoms with E-state index in [1.807, 2.05) is 22.6 Å². The lowest BCUT2D eigenvalue weighted by Crippen LogP contribution is -2.08. The number of hydrogen-bond donors (Lipinski definition) is 0. The lowest BCUT2D eigenvalue weighted by atomic mass is 10.1. The Balaban J connectivity index is 2.35. The van der Waals surface area contributed by atoms with Gasteiger partial charge in [0.25, 0.3) is 0 Å². The maximum absolute atomic E-state index is 13.6. The lowest BCUT2D eigenvalue weighted by Gasteiger charge is -2.16. The number of aromatic nitrogens is 1. The fourth-order valence-electron chi connectivity index (χ4n) is 1.73. The Morgan fingerprint density at radius 2 is 2.24 bits per heavy atom. The van der Waals surface area contributed by atoms with Crippen molar-refractivity contribution in [3.63, 3.8) is 0 Å². The highest BCUT2D eigenvalue weighted by Crippen LogP contribution is 2.33. The van der Waals surface area contributed by atoms with Gasteiger partial charge in [0.05, 0.1) is 8.04 Å². The Bertz CT molecular complexity index is 699. The summed E-state index contributed by atoms with van der Waals surface area (Å²) in [4.78, 5) is 14.1. The molecule has 1 aromatic carbocycles. The molecule has 0 saturated heterocycles. The smallest absolute Gasteiger partial charge is 0.406 e. The first kappa shape index (κ1) is 16.1. The number of pyridine rings is 1. The molecule has 0 aliphatic carbocycles. The van der Waals surface area contributed by atoms with Gasteiger partial charge in [0, 0.05) is 11.6 Å². The second kappa shape index (κ2) is 6.65. The van der Waals surface area contributed by atoms with E-state index in [1.54, 1.807) is 19.1 Å². The van der Waals surface area contributed by atoms with E-state index in [0.29, 0.717) is 13.6 Å². The molecule has 2 rings (SSSR count). The van der Waals surface area contributed by atoms with Gasteiger partial charge < -0.3 is 14.9 Å². The molecule has 0 amide bonds. The van der Waals surface area contributed by atoms with Crippen molar-refractivity contribution in [1.29, 1.82) is 0 Å². The van der Waals surface area contributed by atoms with E-state index in [4.69, 9.17) is 4.74 Å². The molecule has 0 bridgehead atoms. The number of halogens is 3. The van der Waals surface area contributed by atoms with Gasteiger partial charge in [0.2, 0.25) is 5.75 Å². The molecular weight excluding hydrogens is 458 g/mol. The molecule has 0 aliphatic heterocycles. The summed E-state index contributed by atoms with van der Waals surface area (Å²) in [6.07, 6.45) is 0.768. The van der Waals surface area contributed by atoms with E-state index in [1.165, 1.54) is 18.3 Å². The molecule has 0 radical (unpaired) electrons. The fourth-order valence-corrected chi connectivity index (χ4v) is 2.83. The molecule has 1 aromatic heterocycles. The number of ether oxygens (including phenoxy) is 1. The summed E-state index contributed by atoms with van der Waals surface area (Å²) in [5.41, 5.74) is 0.616. The van der Waals surface area contributed by atoms with Crippen LogP contribution in [0.4, 0.5) is 10.2 Å². The molecule has 5 nitrogen and oxygen atoms in total. The average Bonchev–Trinajstić information content (AvgIpc) is 2.41. The van der Waals surface area contributed by atoms with Gasteiger partial charge in [-0.05, 0) is 61.4 Å². The summed E-state index contributed by atoms with van der Waals surface area (Å²) in [5, 5.41) is 11.0. The van der Waals surface area contributed by atoms with Crippen LogP contribution in [0.3, 0.4) is 0 Å². The van der Waals surface area contributed by atoms with Crippen LogP contribution in [0, 0.1) is 19.5 Å². The SMILES string of the molecule is CC(Oc1cc(Br)cnc1[N+](=O)[O-])c1cccc(F)c1I. The molecule has 1 unspecified atom stereocenters. The maximum atomic E-state index is 13.6. The molecule has 0 saturated carbocycles. The van der Waals surface area contributed by atoms with Crippen molar-refractivity contribution in [1.82, 2.24) is 4.98 Å². The molecule has 0 aliphatic rings. The lowest BCUT2D eigenvalue weighted by molar-refractivity contribution is -0.390. The van der Waals surface area contributed by atoms with Gasteiger partial charge in [0.1, 0.15) is 11.9 Å². The molecule has 0 spiro atoms. The Morgan fingerprint density at radius 1 is 1.52 bits per heavy atom. The number of nitro groups is 1. The van der Waals surface area contributed by atoms with Crippen LogP contribution >= 0.6 is 38.5 Å². The van der Waals surface area contributed by atoms with Crippen molar-refractivity contribution in [2.24, 2.45) is 0 Å². The van der Waals surface area contributed by atoms with Crippen molar-refractivity contribution in [2.75, 3.05) is 0 Å². The van der Waals surface area contributed by atoms with E-state index in [-0.39, 0.29) is 17.4 Å². The van der Waals surface area contributed by atoms with Gasteiger partial charge in [-0.25, -0.2) is 4.39 Å². The van der Waals surface area contributed by atoms with E-state index in [0.717, 1.165) is 0 Å². The van der Waals surface area contributed by atoms with Crippen molar-refractivity contribution >= 4 is 44.3 Å². The van der Waals surface area contributed by atoms with Gasteiger partial charge >= 0.3 is 5.82 Å². The highest BCUT2D eigenvalue weighted by molar-refractivity contribution is 14.1. The van der Waals surface area contributed by atoms with Crippen molar-refractivity contribution in [3.8, 4) is 5.75 Å². The normalized spacial score (nSPS) is 12.0. The number of rotatable bonds is 4. The Labute approximate surface area is 141 Å². The Morgan fingerprint density at radius 3 is 2.90 bits per heavy atom. The number of nitrogens with zero attached hydrogens (tertiary/aromatic N) is 2. The fraction of sp³-hybridized carbons (Fsp3) is 0.154. The summed E-state index contributed by atoms with van der Waals surface area (Å²) in [6.45, 7) is 1.70. The Hall–Kier alpha value is -1.29. The van der Waals surface area contributed by atoms with Gasteiger partial charge in [-0.15, -0.1) is 0 Å². The Kier molecular flexibility index (Phi) is 5.09. The minimum atomic E-state index is -0.620. The molecular formula is C13H9BrFIN2O3. The summed E-state index contributed by atoms with van der Waals surface area (Å²) in [5.74, 6) is -0.705. The largest absolute Gasteiger partial charge is 0.478 e. The minimum absolute atomic E-state index is 0.0296. The molecule has 110 valence electrons. The monoisotopic (exact) mass is 466 g/mol. The first-order chi connectivity index (χ1) is 9.90. The third-order valence-electron chi connectivity index (χ3n) is 2.70. The van der Waals surface area contributed by atoms with Crippen LogP contribution < -0.4 is 4.74 Å². The standard InChI is InChI=1S/C13H9BrFIN2O3/c1-7(9-3-2-4-10(15)12(9)16)21-11-5-8(14)6-17-13(11)18(19)20/h2-7H,1H3. The van der Waals surface area contributed by atoms with Crippen LogP contribution in [0.5, 0.6) is 5.75 Å². The second-order valence-electron chi connectivity index (χ2n) is 4.14. The second-order valence-corrected chi connectivity index (χ2v) is 6.13. The quantitative estimate of drug-likeness (QED) is 0.374. The predicted octanol–water partition coefficient (Wildman–Crippen LogP) is 4.64. The topological polar surface area (TPSA) is 65.3 Å². The highest BCUT2D eigenvalue weighted by Gasteiger charge is 2.21. The maximum Gasteiger partial charge on any atom is 0.406 e. The summed E-state index contributed by atoms with van der Waals surface area (Å²) in [6, 6.07) is 6.10. The van der Waals surface area contributed by atoms with Crippen LogP contribution in [-0.4, -0.2) is 9.91 Å². The molecule has 2 aromatic rings. The molecule has 0 N–H and O–H groups in total. The highest BCUT2D eigenvalue weighted by atomic mass is 127. The molecule has 1 heterocycles. The van der Waals surface area contributed by atoms with E-state index in [2.05, 4.69) is 20.9 Å². The molecule has 1 atom stereocenters. The molecule has 0 fully saturated rings. The van der Waals surface area contributed by atoms with Crippen LogP contribution in [0.25, 0.3) is 0 Å². The first-order valence-corrected chi connectivity index (χ1v) is 7.68. The zero-order chi connectivity index (χ0) is 15.6. The van der Waals surface area contributed by atoms with Gasteiger partial charge in [-0.1, -0.05) is 12.1 Å². The van der Waals surface area contributed by atoms with Gasteiger partial charge in [-0.3, -0.25) is 0 Å². The first-order valence-electron chi connectivity index (χ1n) is 5.80. The summed E-state index contributed by atoms with van der Waals surface area (Å²) >= 11 is 5.07. The van der Waals surface area contributed by atoms with Crippen LogP contribution in [-0.2, 0) is 0 Å². The number of benzene rings is 1. The van der Waals surface area contributed by atoms with E-state index < -0.39 is 11.0 Å². The molecule has 21 heavy (non-hydrogen) atoms. The summed E-state index contributed by atoms with van der Waals surface area (Å²) < 4.78 is 20.1. The number of hydrogen-bond acceptors (Lipinski definition) is 4. The zero-order valence-electron chi connectivity index (χ0n) is 10.7. The van der Waals surface area contributed by atoms with Gasteiger partial charge in [-0.2, -0.15) is 0 Å². The molecule has 8 heteroatoms. The van der Waals surface area contributed by atoms with E-state index >= 15 is 0 Å². The van der Waals surface area contributed by atoms with Gasteiger partial charge in [0.15, 0.2) is 6.20 Å². The third kappa shape index (κ3) is 3.67. The summed E-state index contributed by atoms with van der Waals surface area (Å²) in [7, 11) is 0. The minimum Gasteiger partial charge on any atom is -0.478 e. The average molecular weight is 467 g/mol. The third-order valence-corrected chi connectivity index (χ3v) is 4.27. The zero-order valence-corrected chi connectivity index (χ0v) is 14.5. The van der Waals surface area contributed by atoms with Crippen LogP contribution in [0.2, 0.25) is 0 Å². The van der Waals surface area contributed by atoms with Crippen LogP contribution in [0.15, 0.2) is 34.9 Å². The predicted molar refractivity (Wildman–Crippen MR) is 86.8 cm³/mol. The van der Waals surface area contributed by atoms with E-state index in [9.17, 15) is 14.5 Å². The van der Waals surface area contributed by atoms with Crippen molar-refractivity contribution < 1.29 is 14.1 Å².